The minimum atomic E-state index is 0.0894. The summed E-state index contributed by atoms with van der Waals surface area (Å²) in [6.07, 6.45) is 4.39. The van der Waals surface area contributed by atoms with Gasteiger partial charge in [0.25, 0.3) is 0 Å². The maximum absolute atomic E-state index is 11.1. The molecule has 0 heterocycles. The summed E-state index contributed by atoms with van der Waals surface area (Å²) < 4.78 is 0. The maximum Gasteiger partial charge on any atom is 0.217 e. The summed E-state index contributed by atoms with van der Waals surface area (Å²) in [5.74, 6) is 0.626. The van der Waals surface area contributed by atoms with Crippen molar-refractivity contribution >= 4 is 11.6 Å². The highest BCUT2D eigenvalue weighted by Crippen LogP contribution is 2.27. The fraction of sp³-hybridized carbons (Fsp3) is 0.588. The van der Waals surface area contributed by atoms with Crippen molar-refractivity contribution in [2.75, 3.05) is 5.32 Å². The first-order chi connectivity index (χ1) is 9.56. The van der Waals surface area contributed by atoms with Crippen LogP contribution in [0, 0.1) is 0 Å². The lowest BCUT2D eigenvalue weighted by Crippen LogP contribution is -2.39. The number of carbonyl (C=O) groups excluding carboxylic acids is 1. The lowest BCUT2D eigenvalue weighted by atomic mass is 9.90. The molecule has 0 aliphatic heterocycles. The van der Waals surface area contributed by atoms with Crippen LogP contribution in [0.15, 0.2) is 24.3 Å². The molecule has 1 aromatic rings. The third-order valence-electron chi connectivity index (χ3n) is 4.08. The molecule has 1 aliphatic carbocycles. The number of hydrogen-bond acceptors (Lipinski definition) is 2. The summed E-state index contributed by atoms with van der Waals surface area (Å²) in [5.41, 5.74) is 2.65. The van der Waals surface area contributed by atoms with E-state index in [1.807, 2.05) is 0 Å². The van der Waals surface area contributed by atoms with Crippen LogP contribution in [0.4, 0.5) is 5.69 Å². The molecule has 1 aromatic carbocycles. The van der Waals surface area contributed by atoms with Gasteiger partial charge in [0.2, 0.25) is 5.91 Å². The molecule has 20 heavy (non-hydrogen) atoms. The van der Waals surface area contributed by atoms with E-state index in [4.69, 9.17) is 0 Å². The van der Waals surface area contributed by atoms with E-state index in [1.54, 1.807) is 6.92 Å². The van der Waals surface area contributed by atoms with Gasteiger partial charge in [0, 0.05) is 24.7 Å². The highest BCUT2D eigenvalue weighted by Gasteiger charge is 2.22. The molecule has 1 fully saturated rings. The number of rotatable bonds is 4. The quantitative estimate of drug-likeness (QED) is 0.879. The number of para-hydroxylation sites is 1. The summed E-state index contributed by atoms with van der Waals surface area (Å²) in [7, 11) is 0. The average molecular weight is 274 g/mol. The second-order valence-electron chi connectivity index (χ2n) is 6.14. The van der Waals surface area contributed by atoms with Gasteiger partial charge >= 0.3 is 0 Å². The Hall–Kier alpha value is -1.51. The number of amides is 1. The van der Waals surface area contributed by atoms with E-state index in [0.717, 1.165) is 25.7 Å². The molecule has 1 aliphatic rings. The lowest BCUT2D eigenvalue weighted by molar-refractivity contribution is -0.119. The predicted molar refractivity (Wildman–Crippen MR) is 84.0 cm³/mol. The van der Waals surface area contributed by atoms with E-state index < -0.39 is 0 Å². The van der Waals surface area contributed by atoms with Gasteiger partial charge in [-0.1, -0.05) is 32.0 Å². The van der Waals surface area contributed by atoms with Crippen molar-refractivity contribution < 1.29 is 4.79 Å². The molecule has 0 atom stereocenters. The van der Waals surface area contributed by atoms with Crippen LogP contribution < -0.4 is 10.6 Å². The van der Waals surface area contributed by atoms with Crippen molar-refractivity contribution in [2.45, 2.75) is 64.5 Å². The standard InChI is InChI=1S/C17H26N2O/c1-12(2)16-6-4-5-7-17(16)19-15-10-8-14(9-11-15)18-13(3)20/h4-7,12,14-15,19H,8-11H2,1-3H3,(H,18,20). The Bertz CT molecular complexity index is 448. The zero-order chi connectivity index (χ0) is 14.5. The Balaban J connectivity index is 1.91. The topological polar surface area (TPSA) is 41.1 Å². The average Bonchev–Trinajstić information content (AvgIpc) is 2.41. The molecule has 2 rings (SSSR count). The molecule has 1 saturated carbocycles. The van der Waals surface area contributed by atoms with E-state index in [2.05, 4.69) is 48.7 Å². The molecule has 0 unspecified atom stereocenters. The van der Waals surface area contributed by atoms with E-state index in [9.17, 15) is 4.79 Å². The number of anilines is 1. The molecule has 3 heteroatoms. The van der Waals surface area contributed by atoms with Gasteiger partial charge in [-0.3, -0.25) is 4.79 Å². The monoisotopic (exact) mass is 274 g/mol. The van der Waals surface area contributed by atoms with Crippen molar-refractivity contribution in [3.8, 4) is 0 Å². The van der Waals surface area contributed by atoms with Crippen molar-refractivity contribution in [3.63, 3.8) is 0 Å². The second-order valence-corrected chi connectivity index (χ2v) is 6.14. The van der Waals surface area contributed by atoms with Crippen molar-refractivity contribution in [2.24, 2.45) is 0 Å². The van der Waals surface area contributed by atoms with Crippen LogP contribution in [-0.2, 0) is 4.79 Å². The summed E-state index contributed by atoms with van der Waals surface area (Å²) >= 11 is 0. The van der Waals surface area contributed by atoms with Crippen LogP contribution in [-0.4, -0.2) is 18.0 Å². The summed E-state index contributed by atoms with van der Waals surface area (Å²) in [4.78, 5) is 11.1. The van der Waals surface area contributed by atoms with Gasteiger partial charge in [0.15, 0.2) is 0 Å². The molecule has 0 bridgehead atoms. The molecule has 0 saturated heterocycles. The summed E-state index contributed by atoms with van der Waals surface area (Å²) in [6, 6.07) is 9.47. The first kappa shape index (κ1) is 14.9. The Labute approximate surface area is 122 Å². The number of hydrogen-bond donors (Lipinski definition) is 2. The molecule has 3 nitrogen and oxygen atoms in total. The van der Waals surface area contributed by atoms with Gasteiger partial charge in [0.1, 0.15) is 0 Å². The fourth-order valence-electron chi connectivity index (χ4n) is 3.02. The smallest absolute Gasteiger partial charge is 0.217 e. The number of carbonyl (C=O) groups is 1. The van der Waals surface area contributed by atoms with Gasteiger partial charge in [-0.05, 0) is 43.2 Å². The second kappa shape index (κ2) is 6.78. The highest BCUT2D eigenvalue weighted by atomic mass is 16.1. The third kappa shape index (κ3) is 3.99. The Morgan fingerprint density at radius 1 is 1.10 bits per heavy atom. The Morgan fingerprint density at radius 2 is 1.70 bits per heavy atom. The minimum Gasteiger partial charge on any atom is -0.382 e. The molecule has 0 radical (unpaired) electrons. The maximum atomic E-state index is 11.1. The number of benzene rings is 1. The zero-order valence-electron chi connectivity index (χ0n) is 12.8. The molecule has 110 valence electrons. The van der Waals surface area contributed by atoms with Crippen molar-refractivity contribution in [1.82, 2.24) is 5.32 Å². The van der Waals surface area contributed by atoms with E-state index in [-0.39, 0.29) is 5.91 Å². The van der Waals surface area contributed by atoms with Crippen LogP contribution in [0.2, 0.25) is 0 Å². The largest absolute Gasteiger partial charge is 0.382 e. The van der Waals surface area contributed by atoms with Gasteiger partial charge in [-0.2, -0.15) is 0 Å². The molecule has 0 aromatic heterocycles. The van der Waals surface area contributed by atoms with Crippen LogP contribution in [0.25, 0.3) is 0 Å². The van der Waals surface area contributed by atoms with E-state index >= 15 is 0 Å². The SMILES string of the molecule is CC(=O)NC1CCC(Nc2ccccc2C(C)C)CC1. The molecule has 0 spiro atoms. The fourth-order valence-corrected chi connectivity index (χ4v) is 3.02. The van der Waals surface area contributed by atoms with Gasteiger partial charge in [-0.15, -0.1) is 0 Å². The molecular weight excluding hydrogens is 248 g/mol. The lowest BCUT2D eigenvalue weighted by Gasteiger charge is -2.31. The van der Waals surface area contributed by atoms with Crippen LogP contribution >= 0.6 is 0 Å². The van der Waals surface area contributed by atoms with E-state index in [0.29, 0.717) is 18.0 Å². The molecular formula is C17H26N2O. The molecule has 1 amide bonds. The summed E-state index contributed by atoms with van der Waals surface area (Å²) in [5, 5.41) is 6.72. The first-order valence-electron chi connectivity index (χ1n) is 7.69. The van der Waals surface area contributed by atoms with Gasteiger partial charge in [-0.25, -0.2) is 0 Å². The van der Waals surface area contributed by atoms with Crippen LogP contribution in [0.5, 0.6) is 0 Å². The normalized spacial score (nSPS) is 22.6. The number of nitrogens with one attached hydrogen (secondary N) is 2. The first-order valence-corrected chi connectivity index (χ1v) is 7.69. The van der Waals surface area contributed by atoms with Crippen molar-refractivity contribution in [1.29, 1.82) is 0 Å². The zero-order valence-corrected chi connectivity index (χ0v) is 12.8. The molecule has 2 N–H and O–H groups in total. The van der Waals surface area contributed by atoms with Crippen molar-refractivity contribution in [3.05, 3.63) is 29.8 Å². The third-order valence-corrected chi connectivity index (χ3v) is 4.08. The van der Waals surface area contributed by atoms with Gasteiger partial charge < -0.3 is 10.6 Å². The van der Waals surface area contributed by atoms with Gasteiger partial charge in [0.05, 0.1) is 0 Å². The van der Waals surface area contributed by atoms with Crippen LogP contribution in [0.3, 0.4) is 0 Å². The minimum absolute atomic E-state index is 0.0894. The van der Waals surface area contributed by atoms with Crippen LogP contribution in [0.1, 0.15) is 57.9 Å². The highest BCUT2D eigenvalue weighted by molar-refractivity contribution is 5.73. The Morgan fingerprint density at radius 3 is 2.30 bits per heavy atom. The summed E-state index contributed by atoms with van der Waals surface area (Å²) in [6.45, 7) is 6.06. The van der Waals surface area contributed by atoms with E-state index in [1.165, 1.54) is 11.3 Å². The Kier molecular flexibility index (Phi) is 5.05. The predicted octanol–water partition coefficient (Wildman–Crippen LogP) is 3.67.